The summed E-state index contributed by atoms with van der Waals surface area (Å²) >= 11 is 0. The van der Waals surface area contributed by atoms with Crippen molar-refractivity contribution in [2.24, 2.45) is 5.41 Å². The van der Waals surface area contributed by atoms with E-state index in [-0.39, 0.29) is 19.1 Å². The van der Waals surface area contributed by atoms with Crippen LogP contribution in [0.4, 0.5) is 4.79 Å². The van der Waals surface area contributed by atoms with E-state index in [9.17, 15) is 19.5 Å². The van der Waals surface area contributed by atoms with Gasteiger partial charge < -0.3 is 25.6 Å². The lowest BCUT2D eigenvalue weighted by Crippen LogP contribution is -2.53. The van der Waals surface area contributed by atoms with Gasteiger partial charge in [0.2, 0.25) is 5.91 Å². The molecule has 8 nitrogen and oxygen atoms in total. The molecule has 1 aliphatic rings. The van der Waals surface area contributed by atoms with Gasteiger partial charge in [-0.3, -0.25) is 4.79 Å². The lowest BCUT2D eigenvalue weighted by Gasteiger charge is -2.27. The number of hydrogen-bond acceptors (Lipinski definition) is 5. The molecule has 2 atom stereocenters. The summed E-state index contributed by atoms with van der Waals surface area (Å²) in [6, 6.07) is 14.6. The van der Waals surface area contributed by atoms with Gasteiger partial charge >= 0.3 is 12.1 Å². The number of hydrogen-bond donors (Lipinski definition) is 4. The highest BCUT2D eigenvalue weighted by Gasteiger charge is 2.34. The van der Waals surface area contributed by atoms with Gasteiger partial charge in [-0.25, -0.2) is 9.59 Å². The molecule has 8 heteroatoms. The number of carboxylic acids is 1. The number of carbonyl (C=O) groups is 3. The molecule has 2 amide bonds. The van der Waals surface area contributed by atoms with Crippen molar-refractivity contribution in [2.75, 3.05) is 13.2 Å². The number of carbonyl (C=O) groups excluding carboxylic acids is 2. The van der Waals surface area contributed by atoms with Gasteiger partial charge in [-0.15, -0.1) is 0 Å². The number of aliphatic hydroxyl groups excluding tert-OH is 1. The molecule has 0 bridgehead atoms. The van der Waals surface area contributed by atoms with Crippen LogP contribution in [0.15, 0.2) is 48.5 Å². The zero-order valence-corrected chi connectivity index (χ0v) is 18.3. The number of amides is 2. The largest absolute Gasteiger partial charge is 0.480 e. The summed E-state index contributed by atoms with van der Waals surface area (Å²) in [5.41, 5.74) is 3.33. The second kappa shape index (κ2) is 9.40. The lowest BCUT2D eigenvalue weighted by molar-refractivity contribution is -0.146. The molecule has 2 aromatic rings. The summed E-state index contributed by atoms with van der Waals surface area (Å²) in [5.74, 6) is -2.02. The quantitative estimate of drug-likeness (QED) is 0.500. The molecule has 3 rings (SSSR count). The molecular formula is C24H28N2O6. The zero-order valence-electron chi connectivity index (χ0n) is 18.3. The first-order chi connectivity index (χ1) is 15.1. The Bertz CT molecular complexity index is 972. The second-order valence-corrected chi connectivity index (χ2v) is 8.59. The van der Waals surface area contributed by atoms with Crippen LogP contribution >= 0.6 is 0 Å². The van der Waals surface area contributed by atoms with Crippen LogP contribution < -0.4 is 10.6 Å². The summed E-state index contributed by atoms with van der Waals surface area (Å²) in [6.07, 6.45) is -1.93. The third kappa shape index (κ3) is 4.91. The van der Waals surface area contributed by atoms with E-state index in [4.69, 9.17) is 9.84 Å². The molecule has 0 saturated carbocycles. The van der Waals surface area contributed by atoms with Gasteiger partial charge in [0.05, 0.1) is 11.5 Å². The summed E-state index contributed by atoms with van der Waals surface area (Å²) in [4.78, 5) is 36.0. The van der Waals surface area contributed by atoms with E-state index in [0.29, 0.717) is 0 Å². The van der Waals surface area contributed by atoms with E-state index < -0.39 is 35.5 Å². The standard InChI is InChI=1S/C24H28N2O6/c1-14(27)20(21(28)29)26-22(30)24(2,3)13-25-23(31)32-12-19-17-10-6-4-8-15(17)16-9-5-7-11-18(16)19/h4-11,14,19-20,27H,12-13H2,1-3H3,(H,25,31)(H,26,30)(H,28,29). The lowest BCUT2D eigenvalue weighted by atomic mass is 9.91. The van der Waals surface area contributed by atoms with Crippen LogP contribution in [0.25, 0.3) is 11.1 Å². The molecule has 32 heavy (non-hydrogen) atoms. The molecule has 2 aromatic carbocycles. The van der Waals surface area contributed by atoms with Crippen LogP contribution in [0.1, 0.15) is 37.8 Å². The average molecular weight is 440 g/mol. The normalized spacial score (nSPS) is 14.6. The fourth-order valence-corrected chi connectivity index (χ4v) is 3.75. The molecule has 0 aromatic heterocycles. The van der Waals surface area contributed by atoms with Crippen molar-refractivity contribution in [2.45, 2.75) is 38.8 Å². The van der Waals surface area contributed by atoms with Crippen LogP contribution in [0.3, 0.4) is 0 Å². The molecule has 0 fully saturated rings. The molecule has 1 aliphatic carbocycles. The maximum absolute atomic E-state index is 12.5. The third-order valence-electron chi connectivity index (χ3n) is 5.67. The number of aliphatic hydroxyl groups is 1. The Balaban J connectivity index is 1.57. The van der Waals surface area contributed by atoms with Crippen molar-refractivity contribution in [3.63, 3.8) is 0 Å². The third-order valence-corrected chi connectivity index (χ3v) is 5.67. The number of rotatable bonds is 8. The summed E-state index contributed by atoms with van der Waals surface area (Å²) in [6.45, 7) is 4.48. The van der Waals surface area contributed by atoms with Crippen LogP contribution in [-0.2, 0) is 14.3 Å². The van der Waals surface area contributed by atoms with Crippen molar-refractivity contribution in [3.8, 4) is 11.1 Å². The van der Waals surface area contributed by atoms with E-state index in [0.717, 1.165) is 22.3 Å². The van der Waals surface area contributed by atoms with Crippen LogP contribution in [0.5, 0.6) is 0 Å². The number of alkyl carbamates (subject to hydrolysis) is 1. The molecule has 0 spiro atoms. The fraction of sp³-hybridized carbons (Fsp3) is 0.375. The van der Waals surface area contributed by atoms with E-state index in [1.54, 1.807) is 13.8 Å². The van der Waals surface area contributed by atoms with Gasteiger partial charge in [0.1, 0.15) is 6.61 Å². The first-order valence-corrected chi connectivity index (χ1v) is 10.4. The number of ether oxygens (including phenoxy) is 1. The maximum Gasteiger partial charge on any atom is 0.407 e. The minimum atomic E-state index is -1.43. The van der Waals surface area contributed by atoms with Crippen molar-refractivity contribution in [3.05, 3.63) is 59.7 Å². The topological polar surface area (TPSA) is 125 Å². The summed E-state index contributed by atoms with van der Waals surface area (Å²) in [7, 11) is 0. The predicted octanol–water partition coefficient (Wildman–Crippen LogP) is 2.50. The summed E-state index contributed by atoms with van der Waals surface area (Å²) in [5, 5.41) is 23.5. The van der Waals surface area contributed by atoms with Gasteiger partial charge in [-0.2, -0.15) is 0 Å². The van der Waals surface area contributed by atoms with Crippen molar-refractivity contribution >= 4 is 18.0 Å². The van der Waals surface area contributed by atoms with Gasteiger partial charge in [-0.1, -0.05) is 48.5 Å². The SMILES string of the molecule is CC(O)C(NC(=O)C(C)(C)CNC(=O)OCC1c2ccccc2-c2ccccc21)C(=O)O. The first kappa shape index (κ1) is 23.3. The maximum atomic E-state index is 12.5. The van der Waals surface area contributed by atoms with Gasteiger partial charge in [0.15, 0.2) is 6.04 Å². The minimum Gasteiger partial charge on any atom is -0.480 e. The van der Waals surface area contributed by atoms with Crippen molar-refractivity contribution < 1.29 is 29.3 Å². The van der Waals surface area contributed by atoms with E-state index in [1.165, 1.54) is 6.92 Å². The Morgan fingerprint density at radius 3 is 2.06 bits per heavy atom. The van der Waals surface area contributed by atoms with E-state index in [2.05, 4.69) is 10.6 Å². The van der Waals surface area contributed by atoms with Crippen LogP contribution in [0, 0.1) is 5.41 Å². The number of nitrogens with one attached hydrogen (secondary N) is 2. The highest BCUT2D eigenvalue weighted by atomic mass is 16.5. The number of benzene rings is 2. The molecule has 170 valence electrons. The average Bonchev–Trinajstić information content (AvgIpc) is 3.07. The Kier molecular flexibility index (Phi) is 6.84. The smallest absolute Gasteiger partial charge is 0.407 e. The summed E-state index contributed by atoms with van der Waals surface area (Å²) < 4.78 is 5.46. The highest BCUT2D eigenvalue weighted by Crippen LogP contribution is 2.44. The second-order valence-electron chi connectivity index (χ2n) is 8.59. The minimum absolute atomic E-state index is 0.0678. The van der Waals surface area contributed by atoms with Gasteiger partial charge in [0, 0.05) is 12.5 Å². The monoisotopic (exact) mass is 440 g/mol. The predicted molar refractivity (Wildman–Crippen MR) is 118 cm³/mol. The van der Waals surface area contributed by atoms with E-state index in [1.807, 2.05) is 48.5 Å². The van der Waals surface area contributed by atoms with Crippen molar-refractivity contribution in [1.82, 2.24) is 10.6 Å². The Labute approximate surface area is 186 Å². The molecule has 2 unspecified atom stereocenters. The molecule has 0 aliphatic heterocycles. The Morgan fingerprint density at radius 2 is 1.56 bits per heavy atom. The zero-order chi connectivity index (χ0) is 23.5. The Hall–Kier alpha value is -3.39. The number of fused-ring (bicyclic) bond motifs is 3. The van der Waals surface area contributed by atoms with Crippen LogP contribution in [-0.4, -0.2) is 53.5 Å². The Morgan fingerprint density at radius 1 is 1.03 bits per heavy atom. The van der Waals surface area contributed by atoms with Crippen LogP contribution in [0.2, 0.25) is 0 Å². The highest BCUT2D eigenvalue weighted by molar-refractivity contribution is 5.87. The van der Waals surface area contributed by atoms with Crippen molar-refractivity contribution in [1.29, 1.82) is 0 Å². The first-order valence-electron chi connectivity index (χ1n) is 10.4. The number of aliphatic carboxylic acids is 1. The molecule has 0 saturated heterocycles. The molecule has 0 heterocycles. The molecule has 4 N–H and O–H groups in total. The van der Waals surface area contributed by atoms with Gasteiger partial charge in [-0.05, 0) is 43.0 Å². The number of carboxylic acid groups (broad SMARTS) is 1. The fourth-order valence-electron chi connectivity index (χ4n) is 3.75. The van der Waals surface area contributed by atoms with E-state index >= 15 is 0 Å². The van der Waals surface area contributed by atoms with Gasteiger partial charge in [0.25, 0.3) is 0 Å². The molecule has 0 radical (unpaired) electrons. The molecular weight excluding hydrogens is 412 g/mol.